The molecule has 0 amide bonds. The van der Waals surface area contributed by atoms with E-state index in [1.54, 1.807) is 0 Å². The lowest BCUT2D eigenvalue weighted by atomic mass is 10.1. The summed E-state index contributed by atoms with van der Waals surface area (Å²) in [7, 11) is 0. The van der Waals surface area contributed by atoms with Crippen molar-refractivity contribution in [2.24, 2.45) is 0 Å². The fourth-order valence-electron chi connectivity index (χ4n) is 2.67. The van der Waals surface area contributed by atoms with Crippen molar-refractivity contribution in [3.05, 3.63) is 51.9 Å². The smallest absolute Gasteiger partial charge is 0.274 e. The first-order chi connectivity index (χ1) is 10.8. The van der Waals surface area contributed by atoms with Crippen LogP contribution in [0.2, 0.25) is 0 Å². The van der Waals surface area contributed by atoms with Gasteiger partial charge in [-0.25, -0.2) is 0 Å². The fraction of sp³-hybridized carbons (Fsp3) is 0.438. The lowest BCUT2D eigenvalue weighted by Gasteiger charge is -2.33. The van der Waals surface area contributed by atoms with Crippen LogP contribution < -0.4 is 10.5 Å². The molecule has 1 aliphatic rings. The molecule has 1 aromatic heterocycles. The van der Waals surface area contributed by atoms with E-state index in [0.29, 0.717) is 18.1 Å². The Balaban J connectivity index is 1.71. The molecular formula is C16H21N5O. The van der Waals surface area contributed by atoms with Crippen molar-refractivity contribution in [1.29, 1.82) is 0 Å². The number of anilines is 1. The zero-order valence-corrected chi connectivity index (χ0v) is 12.8. The van der Waals surface area contributed by atoms with Crippen LogP contribution in [-0.2, 0) is 6.42 Å². The maximum absolute atomic E-state index is 12.2. The molecule has 2 aromatic rings. The maximum atomic E-state index is 12.2. The van der Waals surface area contributed by atoms with E-state index in [-0.39, 0.29) is 5.56 Å². The van der Waals surface area contributed by atoms with Gasteiger partial charge in [0.15, 0.2) is 0 Å². The van der Waals surface area contributed by atoms with E-state index in [2.05, 4.69) is 31.9 Å². The number of aromatic nitrogens is 3. The second-order valence-corrected chi connectivity index (χ2v) is 5.51. The largest absolute Gasteiger partial charge is 0.338 e. The third-order valence-electron chi connectivity index (χ3n) is 4.09. The first-order valence-electron chi connectivity index (χ1n) is 7.73. The quantitative estimate of drug-likeness (QED) is 0.908. The van der Waals surface area contributed by atoms with Gasteiger partial charge in [0, 0.05) is 32.6 Å². The minimum atomic E-state index is -0.147. The number of piperazine rings is 1. The molecule has 0 saturated carbocycles. The van der Waals surface area contributed by atoms with Gasteiger partial charge in [0.25, 0.3) is 5.56 Å². The van der Waals surface area contributed by atoms with Crippen molar-refractivity contribution in [2.75, 3.05) is 37.6 Å². The Morgan fingerprint density at radius 2 is 1.82 bits per heavy atom. The van der Waals surface area contributed by atoms with Gasteiger partial charge in [-0.05, 0) is 12.1 Å². The van der Waals surface area contributed by atoms with Crippen LogP contribution in [0.3, 0.4) is 0 Å². The zero-order chi connectivity index (χ0) is 15.4. The molecule has 1 saturated heterocycles. The van der Waals surface area contributed by atoms with Crippen LogP contribution in [0.25, 0.3) is 0 Å². The number of likely N-dealkylation sites (N-methyl/N-ethyl adjacent to an activating group) is 1. The Hall–Kier alpha value is -2.21. The minimum absolute atomic E-state index is 0.147. The second kappa shape index (κ2) is 6.70. The Kier molecular flexibility index (Phi) is 4.48. The molecule has 116 valence electrons. The molecule has 1 fully saturated rings. The summed E-state index contributed by atoms with van der Waals surface area (Å²) in [5, 5.41) is 8.35. The molecule has 6 heteroatoms. The number of H-pyrrole nitrogens is 1. The zero-order valence-electron chi connectivity index (χ0n) is 12.8. The molecule has 1 aromatic carbocycles. The van der Waals surface area contributed by atoms with E-state index in [4.69, 9.17) is 0 Å². The Morgan fingerprint density at radius 1 is 1.09 bits per heavy atom. The molecule has 6 nitrogen and oxygen atoms in total. The molecule has 1 aliphatic heterocycles. The van der Waals surface area contributed by atoms with Crippen molar-refractivity contribution >= 4 is 5.95 Å². The molecule has 0 aliphatic carbocycles. The Labute approximate surface area is 129 Å². The van der Waals surface area contributed by atoms with Gasteiger partial charge in [0.1, 0.15) is 5.69 Å². The predicted molar refractivity (Wildman–Crippen MR) is 86.2 cm³/mol. The van der Waals surface area contributed by atoms with Crippen LogP contribution in [0.1, 0.15) is 18.2 Å². The molecule has 3 rings (SSSR count). The summed E-state index contributed by atoms with van der Waals surface area (Å²) in [5.41, 5.74) is 1.38. The van der Waals surface area contributed by atoms with Gasteiger partial charge in [-0.15, -0.1) is 10.2 Å². The van der Waals surface area contributed by atoms with Crippen molar-refractivity contribution in [3.8, 4) is 0 Å². The molecule has 0 spiro atoms. The molecular weight excluding hydrogens is 278 g/mol. The van der Waals surface area contributed by atoms with Crippen LogP contribution in [-0.4, -0.2) is 52.8 Å². The number of nitrogens with one attached hydrogen (secondary N) is 1. The highest BCUT2D eigenvalue weighted by Crippen LogP contribution is 2.09. The highest BCUT2D eigenvalue weighted by molar-refractivity contribution is 5.29. The fourth-order valence-corrected chi connectivity index (χ4v) is 2.67. The molecule has 0 bridgehead atoms. The summed E-state index contributed by atoms with van der Waals surface area (Å²) in [5.74, 6) is 0.581. The van der Waals surface area contributed by atoms with Crippen molar-refractivity contribution in [3.63, 3.8) is 0 Å². The topological polar surface area (TPSA) is 65.1 Å². The summed E-state index contributed by atoms with van der Waals surface area (Å²) < 4.78 is 0. The molecule has 0 atom stereocenters. The monoisotopic (exact) mass is 299 g/mol. The average Bonchev–Trinajstić information content (AvgIpc) is 2.58. The lowest BCUT2D eigenvalue weighted by Crippen LogP contribution is -2.47. The summed E-state index contributed by atoms with van der Waals surface area (Å²) in [6, 6.07) is 9.84. The van der Waals surface area contributed by atoms with E-state index in [0.717, 1.165) is 38.3 Å². The van der Waals surface area contributed by atoms with Crippen LogP contribution >= 0.6 is 0 Å². The minimum Gasteiger partial charge on any atom is -0.338 e. The average molecular weight is 299 g/mol. The number of hydrogen-bond acceptors (Lipinski definition) is 5. The normalized spacial score (nSPS) is 16.0. The van der Waals surface area contributed by atoms with Crippen LogP contribution in [0, 0.1) is 0 Å². The van der Waals surface area contributed by atoms with E-state index >= 15 is 0 Å². The highest BCUT2D eigenvalue weighted by atomic mass is 16.1. The van der Waals surface area contributed by atoms with Gasteiger partial charge in [-0.2, -0.15) is 0 Å². The first kappa shape index (κ1) is 14.7. The predicted octanol–water partition coefficient (Wildman–Crippen LogP) is 0.898. The van der Waals surface area contributed by atoms with E-state index in [1.165, 1.54) is 0 Å². The van der Waals surface area contributed by atoms with Gasteiger partial charge in [-0.3, -0.25) is 9.78 Å². The van der Waals surface area contributed by atoms with Crippen LogP contribution in [0.4, 0.5) is 5.95 Å². The van der Waals surface area contributed by atoms with Crippen LogP contribution in [0.5, 0.6) is 0 Å². The van der Waals surface area contributed by atoms with Crippen molar-refractivity contribution < 1.29 is 0 Å². The van der Waals surface area contributed by atoms with Crippen LogP contribution in [0.15, 0.2) is 35.1 Å². The van der Waals surface area contributed by atoms with E-state index < -0.39 is 0 Å². The SMILES string of the molecule is CCN1CCN(c2nnc(Cc3ccccc3)c(=O)[nH]2)CC1. The molecule has 0 unspecified atom stereocenters. The Morgan fingerprint density at radius 3 is 2.45 bits per heavy atom. The molecule has 22 heavy (non-hydrogen) atoms. The molecule has 2 heterocycles. The summed E-state index contributed by atoms with van der Waals surface area (Å²) in [4.78, 5) is 19.6. The van der Waals surface area contributed by atoms with Gasteiger partial charge >= 0.3 is 0 Å². The van der Waals surface area contributed by atoms with Gasteiger partial charge in [0.05, 0.1) is 0 Å². The van der Waals surface area contributed by atoms with E-state index in [1.807, 2.05) is 30.3 Å². The second-order valence-electron chi connectivity index (χ2n) is 5.51. The number of aromatic amines is 1. The first-order valence-corrected chi connectivity index (χ1v) is 7.73. The standard InChI is InChI=1S/C16H21N5O/c1-2-20-8-10-21(11-9-20)16-17-15(22)14(18-19-16)12-13-6-4-3-5-7-13/h3-7H,2,8-12H2,1H3,(H,17,19,22). The summed E-state index contributed by atoms with van der Waals surface area (Å²) in [6.45, 7) is 6.95. The highest BCUT2D eigenvalue weighted by Gasteiger charge is 2.18. The number of hydrogen-bond donors (Lipinski definition) is 1. The number of nitrogens with zero attached hydrogens (tertiary/aromatic N) is 4. The van der Waals surface area contributed by atoms with Gasteiger partial charge in [0.2, 0.25) is 5.95 Å². The number of rotatable bonds is 4. The van der Waals surface area contributed by atoms with E-state index in [9.17, 15) is 4.79 Å². The summed E-state index contributed by atoms with van der Waals surface area (Å²) in [6.07, 6.45) is 0.507. The van der Waals surface area contributed by atoms with Gasteiger partial charge < -0.3 is 9.80 Å². The number of benzene rings is 1. The lowest BCUT2D eigenvalue weighted by molar-refractivity contribution is 0.269. The maximum Gasteiger partial charge on any atom is 0.274 e. The van der Waals surface area contributed by atoms with Gasteiger partial charge in [-0.1, -0.05) is 37.3 Å². The Bertz CT molecular complexity index is 662. The third-order valence-corrected chi connectivity index (χ3v) is 4.09. The third kappa shape index (κ3) is 3.33. The van der Waals surface area contributed by atoms with Crippen molar-refractivity contribution in [1.82, 2.24) is 20.1 Å². The molecule has 1 N–H and O–H groups in total. The van der Waals surface area contributed by atoms with Crippen molar-refractivity contribution in [2.45, 2.75) is 13.3 Å². The molecule has 0 radical (unpaired) electrons. The summed E-state index contributed by atoms with van der Waals surface area (Å²) >= 11 is 0.